The molecule has 1 N–H and O–H groups in total. The highest BCUT2D eigenvalue weighted by Gasteiger charge is 2.27. The maximum Gasteiger partial charge on any atom is 0.252 e. The minimum absolute atomic E-state index is 0.113. The maximum absolute atomic E-state index is 11.5. The summed E-state index contributed by atoms with van der Waals surface area (Å²) in [6.07, 6.45) is 0. The molecule has 1 aromatic rings. The highest BCUT2D eigenvalue weighted by Crippen LogP contribution is 2.26. The minimum atomic E-state index is -0.113. The molecule has 0 atom stereocenters. The first-order valence-electron chi connectivity index (χ1n) is 4.15. The Balaban J connectivity index is 2.44. The molecule has 6 heteroatoms. The molecule has 2 rings (SSSR count). The Kier molecular flexibility index (Phi) is 2.82. The van der Waals surface area contributed by atoms with Crippen molar-refractivity contribution in [2.45, 2.75) is 0 Å². The third-order valence-corrected chi connectivity index (χ3v) is 2.71. The molecular weight excluding hydrogens is 255 g/mol. The fraction of sp³-hybridized carbons (Fsp3) is 0.111. The first-order valence-corrected chi connectivity index (χ1v) is 5.31. The van der Waals surface area contributed by atoms with E-state index in [0.29, 0.717) is 20.8 Å². The number of nitrogens with zero attached hydrogens (tertiary/aromatic N) is 1. The number of anilines is 1. The first-order chi connectivity index (χ1) is 7.08. The Morgan fingerprint density at radius 3 is 2.33 bits per heavy atom. The molecule has 1 aliphatic rings. The average molecular weight is 261 g/mol. The lowest BCUT2D eigenvalue weighted by atomic mass is 10.3. The molecule has 78 valence electrons. The van der Waals surface area contributed by atoms with E-state index in [9.17, 15) is 4.79 Å². The van der Waals surface area contributed by atoms with E-state index >= 15 is 0 Å². The molecule has 0 aliphatic carbocycles. The number of thiocarbonyl (C=S) groups is 1. The van der Waals surface area contributed by atoms with E-state index in [-0.39, 0.29) is 12.5 Å². The molecule has 3 nitrogen and oxygen atoms in total. The van der Waals surface area contributed by atoms with E-state index in [0.717, 1.165) is 0 Å². The molecule has 1 fully saturated rings. The molecule has 1 aromatic carbocycles. The van der Waals surface area contributed by atoms with E-state index < -0.39 is 0 Å². The largest absolute Gasteiger partial charge is 0.353 e. The van der Waals surface area contributed by atoms with Gasteiger partial charge < -0.3 is 5.32 Å². The predicted molar refractivity (Wildman–Crippen MR) is 64.5 cm³/mol. The molecular formula is C9H6Cl2N2OS. The average Bonchev–Trinajstić information content (AvgIpc) is 2.44. The van der Waals surface area contributed by atoms with Crippen LogP contribution >= 0.6 is 35.4 Å². The second-order valence-electron chi connectivity index (χ2n) is 3.02. The van der Waals surface area contributed by atoms with Gasteiger partial charge in [0.2, 0.25) is 0 Å². The van der Waals surface area contributed by atoms with Gasteiger partial charge in [0.15, 0.2) is 5.11 Å². The Bertz CT molecular complexity index is 413. The van der Waals surface area contributed by atoms with Gasteiger partial charge in [0, 0.05) is 10.0 Å². The van der Waals surface area contributed by atoms with E-state index in [4.69, 9.17) is 35.4 Å². The topological polar surface area (TPSA) is 32.3 Å². The lowest BCUT2D eigenvalue weighted by Gasteiger charge is -2.15. The van der Waals surface area contributed by atoms with Crippen LogP contribution in [0, 0.1) is 0 Å². The fourth-order valence-electron chi connectivity index (χ4n) is 1.35. The Labute approximate surface area is 102 Å². The van der Waals surface area contributed by atoms with Gasteiger partial charge in [-0.1, -0.05) is 23.2 Å². The smallest absolute Gasteiger partial charge is 0.252 e. The van der Waals surface area contributed by atoms with Crippen LogP contribution in [0.15, 0.2) is 18.2 Å². The summed E-state index contributed by atoms with van der Waals surface area (Å²) in [6, 6.07) is 4.89. The number of rotatable bonds is 1. The summed E-state index contributed by atoms with van der Waals surface area (Å²) in [4.78, 5) is 12.9. The highest BCUT2D eigenvalue weighted by molar-refractivity contribution is 7.80. The molecule has 0 spiro atoms. The van der Waals surface area contributed by atoms with Crippen LogP contribution in [0.4, 0.5) is 5.69 Å². The Morgan fingerprint density at radius 2 is 1.87 bits per heavy atom. The van der Waals surface area contributed by atoms with Crippen LogP contribution in [0.1, 0.15) is 0 Å². The van der Waals surface area contributed by atoms with Crippen LogP contribution in [0.3, 0.4) is 0 Å². The Morgan fingerprint density at radius 1 is 1.27 bits per heavy atom. The van der Waals surface area contributed by atoms with Crippen molar-refractivity contribution in [3.8, 4) is 0 Å². The summed E-state index contributed by atoms with van der Waals surface area (Å²) in [5.41, 5.74) is 0.590. The lowest BCUT2D eigenvalue weighted by Crippen LogP contribution is -2.30. The number of halogens is 2. The molecule has 1 aliphatic heterocycles. The van der Waals surface area contributed by atoms with Crippen LogP contribution in [0.2, 0.25) is 10.0 Å². The monoisotopic (exact) mass is 260 g/mol. The maximum atomic E-state index is 11.5. The van der Waals surface area contributed by atoms with E-state index in [1.807, 2.05) is 0 Å². The van der Waals surface area contributed by atoms with Gasteiger partial charge in [0.1, 0.15) is 0 Å². The van der Waals surface area contributed by atoms with Crippen molar-refractivity contribution >= 4 is 52.1 Å². The summed E-state index contributed by atoms with van der Waals surface area (Å²) in [6.45, 7) is 0.211. The number of carbonyl (C=O) groups excluding carboxylic acids is 1. The molecule has 0 bridgehead atoms. The molecule has 0 unspecified atom stereocenters. The SMILES string of the molecule is O=C1CNC(=S)N1c1cc(Cl)cc(Cl)c1. The van der Waals surface area contributed by atoms with Crippen LogP contribution in [-0.2, 0) is 4.79 Å². The number of nitrogens with one attached hydrogen (secondary N) is 1. The zero-order valence-corrected chi connectivity index (χ0v) is 9.79. The van der Waals surface area contributed by atoms with Gasteiger partial charge in [-0.3, -0.25) is 9.69 Å². The van der Waals surface area contributed by atoms with Crippen molar-refractivity contribution in [3.05, 3.63) is 28.2 Å². The first kappa shape index (κ1) is 10.7. The van der Waals surface area contributed by atoms with E-state index in [1.54, 1.807) is 18.2 Å². The molecule has 1 saturated heterocycles. The minimum Gasteiger partial charge on any atom is -0.353 e. The second kappa shape index (κ2) is 3.96. The van der Waals surface area contributed by atoms with Crippen molar-refractivity contribution in [1.29, 1.82) is 0 Å². The van der Waals surface area contributed by atoms with Gasteiger partial charge in [-0.25, -0.2) is 0 Å². The van der Waals surface area contributed by atoms with Gasteiger partial charge in [0.05, 0.1) is 12.2 Å². The third-order valence-electron chi connectivity index (χ3n) is 1.95. The summed E-state index contributed by atoms with van der Waals surface area (Å²) in [5.74, 6) is -0.113. The summed E-state index contributed by atoms with van der Waals surface area (Å²) in [5, 5.41) is 4.10. The van der Waals surface area contributed by atoms with E-state index in [2.05, 4.69) is 5.32 Å². The Hall–Kier alpha value is -0.840. The van der Waals surface area contributed by atoms with Gasteiger partial charge in [-0.2, -0.15) is 0 Å². The van der Waals surface area contributed by atoms with Crippen LogP contribution in [0.5, 0.6) is 0 Å². The zero-order valence-electron chi connectivity index (χ0n) is 7.46. The summed E-state index contributed by atoms with van der Waals surface area (Å²) < 4.78 is 0. The fourth-order valence-corrected chi connectivity index (χ4v) is 2.15. The van der Waals surface area contributed by atoms with Gasteiger partial charge in [-0.15, -0.1) is 0 Å². The van der Waals surface area contributed by atoms with Gasteiger partial charge in [0.25, 0.3) is 5.91 Å². The number of benzene rings is 1. The molecule has 1 amide bonds. The molecule has 1 heterocycles. The quantitative estimate of drug-likeness (QED) is 0.787. The van der Waals surface area contributed by atoms with Crippen molar-refractivity contribution < 1.29 is 4.79 Å². The van der Waals surface area contributed by atoms with Gasteiger partial charge in [-0.05, 0) is 30.4 Å². The number of carbonyl (C=O) groups is 1. The van der Waals surface area contributed by atoms with Crippen LogP contribution in [-0.4, -0.2) is 17.6 Å². The molecule has 0 aromatic heterocycles. The van der Waals surface area contributed by atoms with Crippen LogP contribution in [0.25, 0.3) is 0 Å². The predicted octanol–water partition coefficient (Wildman–Crippen LogP) is 2.21. The summed E-state index contributed by atoms with van der Waals surface area (Å²) in [7, 11) is 0. The lowest BCUT2D eigenvalue weighted by molar-refractivity contribution is -0.115. The standard InChI is InChI=1S/C9H6Cl2N2OS/c10-5-1-6(11)3-7(2-5)13-8(14)4-12-9(13)15/h1-3H,4H2,(H,12,15). The van der Waals surface area contributed by atoms with Crippen molar-refractivity contribution in [3.63, 3.8) is 0 Å². The number of hydrogen-bond acceptors (Lipinski definition) is 2. The summed E-state index contributed by atoms with van der Waals surface area (Å²) >= 11 is 16.7. The number of amides is 1. The molecule has 0 radical (unpaired) electrons. The van der Waals surface area contributed by atoms with Gasteiger partial charge >= 0.3 is 0 Å². The third kappa shape index (κ3) is 2.07. The number of hydrogen-bond donors (Lipinski definition) is 1. The zero-order chi connectivity index (χ0) is 11.0. The van der Waals surface area contributed by atoms with Crippen molar-refractivity contribution in [2.75, 3.05) is 11.4 Å². The normalized spacial score (nSPS) is 15.7. The highest BCUT2D eigenvalue weighted by atomic mass is 35.5. The molecule has 15 heavy (non-hydrogen) atoms. The van der Waals surface area contributed by atoms with Crippen LogP contribution < -0.4 is 10.2 Å². The van der Waals surface area contributed by atoms with Crippen molar-refractivity contribution in [1.82, 2.24) is 5.32 Å². The second-order valence-corrected chi connectivity index (χ2v) is 4.28. The molecule has 0 saturated carbocycles. The van der Waals surface area contributed by atoms with E-state index in [1.165, 1.54) is 4.90 Å². The van der Waals surface area contributed by atoms with Crippen molar-refractivity contribution in [2.24, 2.45) is 0 Å².